The van der Waals surface area contributed by atoms with Gasteiger partial charge in [0.2, 0.25) is 0 Å². The summed E-state index contributed by atoms with van der Waals surface area (Å²) in [5.74, 6) is -1.39. The lowest BCUT2D eigenvalue weighted by Gasteiger charge is -2.19. The summed E-state index contributed by atoms with van der Waals surface area (Å²) in [6.07, 6.45) is 0.738. The highest BCUT2D eigenvalue weighted by atomic mass is 79.9. The molecule has 0 aliphatic heterocycles. The van der Waals surface area contributed by atoms with Crippen LogP contribution in [-0.2, 0) is 11.2 Å². The molecule has 1 rings (SSSR count). The fourth-order valence-corrected chi connectivity index (χ4v) is 1.88. The summed E-state index contributed by atoms with van der Waals surface area (Å²) in [4.78, 5) is 22.4. The molecule has 0 saturated heterocycles. The first-order valence-corrected chi connectivity index (χ1v) is 6.84. The molecule has 0 radical (unpaired) electrons. The molecule has 0 aromatic heterocycles. The zero-order valence-electron chi connectivity index (χ0n) is 11.2. The van der Waals surface area contributed by atoms with E-state index in [9.17, 15) is 14.7 Å². The maximum absolute atomic E-state index is 11.7. The Hall–Kier alpha value is -1.60. The van der Waals surface area contributed by atoms with Crippen molar-refractivity contribution in [2.45, 2.75) is 25.9 Å². The lowest BCUT2D eigenvalue weighted by Crippen LogP contribution is -2.47. The maximum atomic E-state index is 11.7. The van der Waals surface area contributed by atoms with E-state index < -0.39 is 17.6 Å². The Balaban J connectivity index is 2.66. The van der Waals surface area contributed by atoms with Crippen molar-refractivity contribution in [2.75, 3.05) is 11.9 Å². The van der Waals surface area contributed by atoms with Gasteiger partial charge in [-0.15, -0.1) is 0 Å². The molecule has 7 heteroatoms. The maximum Gasteiger partial charge on any atom is 0.337 e. The highest BCUT2D eigenvalue weighted by Gasteiger charge is 2.30. The number of nitrogens with one attached hydrogen (secondary N) is 2. The van der Waals surface area contributed by atoms with Gasteiger partial charge >= 0.3 is 12.0 Å². The average Bonchev–Trinajstić information content (AvgIpc) is 2.38. The molecule has 1 aromatic carbocycles. The molecule has 2 amide bonds. The molecule has 0 fully saturated rings. The highest BCUT2D eigenvalue weighted by Crippen LogP contribution is 2.21. The number of amides is 2. The molecule has 0 aliphatic rings. The number of aryl methyl sites for hydroxylation is 1. The van der Waals surface area contributed by atoms with Crippen molar-refractivity contribution in [3.8, 4) is 0 Å². The van der Waals surface area contributed by atoms with Crippen LogP contribution in [0.15, 0.2) is 22.7 Å². The summed E-state index contributed by atoms with van der Waals surface area (Å²) in [5.41, 5.74) is -0.410. The summed E-state index contributed by atoms with van der Waals surface area (Å²) < 4.78 is 0.911. The van der Waals surface area contributed by atoms with Crippen LogP contribution in [-0.4, -0.2) is 34.4 Å². The molecular formula is C13H17BrN2O4. The van der Waals surface area contributed by atoms with Crippen LogP contribution in [0.4, 0.5) is 10.5 Å². The fraction of sp³-hybridized carbons (Fsp3) is 0.385. The first-order chi connectivity index (χ1) is 9.26. The monoisotopic (exact) mass is 344 g/mol. The molecule has 1 atom stereocenters. The molecule has 0 heterocycles. The molecule has 20 heavy (non-hydrogen) atoms. The summed E-state index contributed by atoms with van der Waals surface area (Å²) >= 11 is 3.35. The zero-order chi connectivity index (χ0) is 15.3. The van der Waals surface area contributed by atoms with Crippen molar-refractivity contribution in [1.29, 1.82) is 0 Å². The Morgan fingerprint density at radius 2 is 2.05 bits per heavy atom. The number of carboxylic acids is 1. The molecule has 110 valence electrons. The molecule has 6 nitrogen and oxygen atoms in total. The van der Waals surface area contributed by atoms with Crippen molar-refractivity contribution in [1.82, 2.24) is 5.32 Å². The molecule has 1 unspecified atom stereocenters. The Bertz CT molecular complexity index is 517. The van der Waals surface area contributed by atoms with E-state index in [1.165, 1.54) is 0 Å². The first kappa shape index (κ1) is 16.5. The van der Waals surface area contributed by atoms with E-state index in [1.807, 2.05) is 13.0 Å². The quantitative estimate of drug-likeness (QED) is 0.656. The second-order valence-electron chi connectivity index (χ2n) is 4.54. The van der Waals surface area contributed by atoms with Gasteiger partial charge in [-0.05, 0) is 37.1 Å². The highest BCUT2D eigenvalue weighted by molar-refractivity contribution is 9.10. The van der Waals surface area contributed by atoms with Crippen LogP contribution in [0, 0.1) is 0 Å². The molecule has 0 aliphatic carbocycles. The number of carbonyl (C=O) groups excluding carboxylic acids is 1. The van der Waals surface area contributed by atoms with Gasteiger partial charge in [0.15, 0.2) is 5.60 Å². The van der Waals surface area contributed by atoms with Gasteiger partial charge in [0.25, 0.3) is 0 Å². The zero-order valence-corrected chi connectivity index (χ0v) is 12.8. The number of hydrogen-bond donors (Lipinski definition) is 4. The van der Waals surface area contributed by atoms with Crippen LogP contribution in [0.25, 0.3) is 0 Å². The van der Waals surface area contributed by atoms with E-state index in [4.69, 9.17) is 5.11 Å². The van der Waals surface area contributed by atoms with Crippen LogP contribution in [0.3, 0.4) is 0 Å². The normalized spacial score (nSPS) is 13.4. The number of aliphatic hydroxyl groups is 1. The first-order valence-electron chi connectivity index (χ1n) is 6.05. The average molecular weight is 345 g/mol. The number of halogens is 1. The topological polar surface area (TPSA) is 98.7 Å². The van der Waals surface area contributed by atoms with E-state index in [1.54, 1.807) is 12.1 Å². The van der Waals surface area contributed by atoms with E-state index in [-0.39, 0.29) is 6.54 Å². The minimum atomic E-state index is -2.00. The number of benzene rings is 1. The minimum absolute atomic E-state index is 0.383. The Labute approximate surface area is 125 Å². The largest absolute Gasteiger partial charge is 0.479 e. The van der Waals surface area contributed by atoms with Crippen LogP contribution in [0.5, 0.6) is 0 Å². The van der Waals surface area contributed by atoms with Crippen LogP contribution >= 0.6 is 15.9 Å². The number of urea groups is 1. The van der Waals surface area contributed by atoms with Gasteiger partial charge in [-0.1, -0.05) is 22.9 Å². The van der Waals surface area contributed by atoms with E-state index in [0.29, 0.717) is 5.69 Å². The third-order valence-electron chi connectivity index (χ3n) is 2.75. The van der Waals surface area contributed by atoms with Gasteiger partial charge in [-0.25, -0.2) is 9.59 Å². The van der Waals surface area contributed by atoms with Gasteiger partial charge in [0.1, 0.15) is 0 Å². The molecule has 0 bridgehead atoms. The van der Waals surface area contributed by atoms with Crippen molar-refractivity contribution in [3.05, 3.63) is 28.2 Å². The van der Waals surface area contributed by atoms with Crippen molar-refractivity contribution in [2.24, 2.45) is 0 Å². The van der Waals surface area contributed by atoms with Gasteiger partial charge < -0.3 is 20.8 Å². The molecule has 1 aromatic rings. The van der Waals surface area contributed by atoms with Crippen molar-refractivity contribution >= 4 is 33.6 Å². The number of hydrogen-bond acceptors (Lipinski definition) is 3. The lowest BCUT2D eigenvalue weighted by molar-refractivity contribution is -0.155. The summed E-state index contributed by atoms with van der Waals surface area (Å²) in [5, 5.41) is 23.2. The van der Waals surface area contributed by atoms with E-state index in [2.05, 4.69) is 26.6 Å². The summed E-state index contributed by atoms with van der Waals surface area (Å²) in [7, 11) is 0. The number of anilines is 1. The molecule has 4 N–H and O–H groups in total. The molecule has 0 saturated carbocycles. The number of rotatable bonds is 5. The summed E-state index contributed by atoms with van der Waals surface area (Å²) in [6, 6.07) is 4.87. The lowest BCUT2D eigenvalue weighted by atomic mass is 10.1. The Kier molecular flexibility index (Phi) is 5.52. The number of aliphatic carboxylic acids is 1. The Morgan fingerprint density at radius 1 is 1.40 bits per heavy atom. The van der Waals surface area contributed by atoms with Crippen LogP contribution in [0.1, 0.15) is 19.4 Å². The van der Waals surface area contributed by atoms with Crippen molar-refractivity contribution < 1.29 is 19.8 Å². The molecular weight excluding hydrogens is 328 g/mol. The van der Waals surface area contributed by atoms with Gasteiger partial charge in [0.05, 0.1) is 6.54 Å². The van der Waals surface area contributed by atoms with Crippen molar-refractivity contribution in [3.63, 3.8) is 0 Å². The van der Waals surface area contributed by atoms with Gasteiger partial charge in [0, 0.05) is 10.2 Å². The SMILES string of the molecule is CCc1cc(Br)ccc1NC(=O)NCC(C)(O)C(=O)O. The Morgan fingerprint density at radius 3 is 2.60 bits per heavy atom. The van der Waals surface area contributed by atoms with E-state index >= 15 is 0 Å². The minimum Gasteiger partial charge on any atom is -0.479 e. The van der Waals surface area contributed by atoms with Crippen LogP contribution in [0.2, 0.25) is 0 Å². The third kappa shape index (κ3) is 4.50. The van der Waals surface area contributed by atoms with E-state index in [0.717, 1.165) is 23.4 Å². The number of carbonyl (C=O) groups is 2. The summed E-state index contributed by atoms with van der Waals surface area (Å²) in [6.45, 7) is 2.69. The number of carboxylic acid groups (broad SMARTS) is 1. The van der Waals surface area contributed by atoms with Crippen LogP contribution < -0.4 is 10.6 Å². The second-order valence-corrected chi connectivity index (χ2v) is 5.46. The standard InChI is InChI=1S/C13H17BrN2O4/c1-3-8-6-9(14)4-5-10(8)16-12(19)15-7-13(2,20)11(17)18/h4-6,20H,3,7H2,1-2H3,(H,17,18)(H2,15,16,19). The van der Waals surface area contributed by atoms with Gasteiger partial charge in [-0.3, -0.25) is 0 Å². The fourth-order valence-electron chi connectivity index (χ4n) is 1.47. The van der Waals surface area contributed by atoms with Gasteiger partial charge in [-0.2, -0.15) is 0 Å². The third-order valence-corrected chi connectivity index (χ3v) is 3.24. The predicted octanol–water partition coefficient (Wildman–Crippen LogP) is 1.97. The predicted molar refractivity (Wildman–Crippen MR) is 78.8 cm³/mol. The molecule has 0 spiro atoms. The smallest absolute Gasteiger partial charge is 0.337 e. The second kappa shape index (κ2) is 6.71.